The van der Waals surface area contributed by atoms with E-state index in [-0.39, 0.29) is 11.9 Å². The minimum atomic E-state index is -0.555. The van der Waals surface area contributed by atoms with Gasteiger partial charge in [-0.3, -0.25) is 4.79 Å². The van der Waals surface area contributed by atoms with E-state index in [0.717, 1.165) is 61.1 Å². The molecule has 0 aromatic carbocycles. The summed E-state index contributed by atoms with van der Waals surface area (Å²) >= 11 is 0. The van der Waals surface area contributed by atoms with Crippen molar-refractivity contribution in [1.29, 1.82) is 0 Å². The topological polar surface area (TPSA) is 95.7 Å². The number of rotatable bonds is 8. The first kappa shape index (κ1) is 36.9. The summed E-state index contributed by atoms with van der Waals surface area (Å²) in [5.41, 5.74) is 9.34. The molecule has 0 spiro atoms. The molecule has 7 heteroatoms. The lowest BCUT2D eigenvalue weighted by Gasteiger charge is -2.18. The van der Waals surface area contributed by atoms with E-state index in [1.807, 2.05) is 58.9 Å². The molecule has 250 valence electrons. The Bertz CT molecular complexity index is 1720. The number of carbonyl (C=O) groups excluding carboxylic acids is 3. The average molecular weight is 640 g/mol. The smallest absolute Gasteiger partial charge is 0.338 e. The molecule has 0 aliphatic heterocycles. The Balaban J connectivity index is 0.000000261. The van der Waals surface area contributed by atoms with E-state index in [0.29, 0.717) is 41.7 Å². The molecule has 0 saturated carbocycles. The summed E-state index contributed by atoms with van der Waals surface area (Å²) in [5, 5.41) is 12.5. The zero-order valence-corrected chi connectivity index (χ0v) is 29.7. The van der Waals surface area contributed by atoms with E-state index in [2.05, 4.69) is 39.8 Å². The van der Waals surface area contributed by atoms with E-state index in [1.165, 1.54) is 0 Å². The first-order valence-corrected chi connectivity index (χ1v) is 16.3. The third-order valence-corrected chi connectivity index (χ3v) is 8.13. The molecule has 0 bridgehead atoms. The van der Waals surface area contributed by atoms with Crippen molar-refractivity contribution in [2.24, 2.45) is 0 Å². The Labute approximate surface area is 279 Å². The van der Waals surface area contributed by atoms with Crippen molar-refractivity contribution in [3.8, 4) is 22.3 Å². The highest BCUT2D eigenvalue weighted by Gasteiger charge is 2.26. The fraction of sp³-hybridized carbons (Fsp3) is 0.400. The van der Waals surface area contributed by atoms with Crippen LogP contribution in [-0.2, 0) is 9.47 Å². The summed E-state index contributed by atoms with van der Waals surface area (Å²) < 4.78 is 11.3. The number of nitrogens with zero attached hydrogens (tertiary/aromatic N) is 1. The summed E-state index contributed by atoms with van der Waals surface area (Å²) in [6, 6.07) is 15.6. The number of aldehydes is 1. The van der Waals surface area contributed by atoms with Crippen LogP contribution in [0.1, 0.15) is 133 Å². The Morgan fingerprint density at radius 1 is 0.745 bits per heavy atom. The number of aryl methyl sites for hydroxylation is 2. The lowest BCUT2D eigenvalue weighted by molar-refractivity contribution is -0.530. The fourth-order valence-electron chi connectivity index (χ4n) is 5.37. The van der Waals surface area contributed by atoms with Crippen molar-refractivity contribution in [3.05, 3.63) is 98.2 Å². The zero-order chi connectivity index (χ0) is 35.2. The monoisotopic (exact) mass is 639 g/mol. The molecular weight excluding hydrogens is 590 g/mol. The molecule has 0 radical (unpaired) electrons. The van der Waals surface area contributed by atoms with Crippen LogP contribution in [-0.4, -0.2) is 47.9 Å². The number of esters is 2. The van der Waals surface area contributed by atoms with Gasteiger partial charge in [0.05, 0.1) is 24.3 Å². The Kier molecular flexibility index (Phi) is 12.1. The minimum Gasteiger partial charge on any atom is -0.623 e. The van der Waals surface area contributed by atoms with Crippen LogP contribution in [0, 0.1) is 19.1 Å². The molecule has 4 aliphatic carbocycles. The molecule has 0 fully saturated rings. The lowest BCUT2D eigenvalue weighted by Crippen LogP contribution is -2.29. The summed E-state index contributed by atoms with van der Waals surface area (Å²) in [4.78, 5) is 36.0. The van der Waals surface area contributed by atoms with Crippen molar-refractivity contribution in [1.82, 2.24) is 0 Å². The van der Waals surface area contributed by atoms with Crippen LogP contribution in [0.15, 0.2) is 48.5 Å². The minimum absolute atomic E-state index is 0.315. The maximum absolute atomic E-state index is 12.5. The quantitative estimate of drug-likeness (QED) is 0.0476. The largest absolute Gasteiger partial charge is 0.623 e. The van der Waals surface area contributed by atoms with Crippen LogP contribution in [0.3, 0.4) is 0 Å². The fourth-order valence-corrected chi connectivity index (χ4v) is 5.37. The molecule has 0 heterocycles. The highest BCUT2D eigenvalue weighted by Crippen LogP contribution is 2.37. The van der Waals surface area contributed by atoms with Gasteiger partial charge in [-0.1, -0.05) is 64.1 Å². The molecule has 0 unspecified atom stereocenters. The van der Waals surface area contributed by atoms with Crippen LogP contribution < -0.4 is 0 Å². The van der Waals surface area contributed by atoms with Crippen LogP contribution in [0.5, 0.6) is 0 Å². The van der Waals surface area contributed by atoms with Gasteiger partial charge in [-0.05, 0) is 96.2 Å². The Hall–Kier alpha value is -4.52. The summed E-state index contributed by atoms with van der Waals surface area (Å²) in [6.07, 6.45) is 2.38. The molecular formula is C40H49NO6. The Morgan fingerprint density at radius 2 is 1.15 bits per heavy atom. The van der Waals surface area contributed by atoms with E-state index < -0.39 is 5.54 Å². The van der Waals surface area contributed by atoms with Crippen LogP contribution in [0.25, 0.3) is 22.3 Å². The molecule has 0 saturated heterocycles. The SMILES string of the molecule is CCOC(=O)c1cc(/C=[N+](\[O-])C(C)(C)C)c2cc(C(C)C)ccc(C)c1-2.CCOC(=O)c1cc(C=O)c2cc(C(C)C)ccc(C)c1-2. The van der Waals surface area contributed by atoms with Gasteiger partial charge in [-0.25, -0.2) is 14.3 Å². The van der Waals surface area contributed by atoms with Gasteiger partial charge in [-0.15, -0.1) is 0 Å². The first-order chi connectivity index (χ1) is 22.0. The molecule has 4 aliphatic rings. The molecule has 4 rings (SSSR count). The van der Waals surface area contributed by atoms with Crippen molar-refractivity contribution in [2.75, 3.05) is 13.2 Å². The third-order valence-electron chi connectivity index (χ3n) is 8.13. The highest BCUT2D eigenvalue weighted by atomic mass is 16.5. The van der Waals surface area contributed by atoms with Crippen LogP contribution >= 0.6 is 0 Å². The van der Waals surface area contributed by atoms with Crippen LogP contribution in [0.4, 0.5) is 0 Å². The number of hydrogen-bond donors (Lipinski definition) is 0. The van der Waals surface area contributed by atoms with Gasteiger partial charge < -0.3 is 14.7 Å². The van der Waals surface area contributed by atoms with Gasteiger partial charge in [0.25, 0.3) is 0 Å². The Morgan fingerprint density at radius 3 is 1.51 bits per heavy atom. The number of carbonyl (C=O) groups is 3. The van der Waals surface area contributed by atoms with Gasteiger partial charge in [0.2, 0.25) is 0 Å². The standard InChI is InChI=1S/C22H29NO3.C18H20O3/c1-8-26-21(24)19-12-17(13-23(25)22(5,6)7)18-11-16(14(2)3)10-9-15(4)20(18)19;1-5-21-18(20)16-9-14(10-19)15-8-13(11(2)3)7-6-12(4)17(15)16/h9-14H,8H2,1-7H3;6-11H,5H2,1-4H3/b23-13-;. The van der Waals surface area contributed by atoms with Crippen molar-refractivity contribution >= 4 is 24.4 Å². The molecule has 0 aromatic heterocycles. The van der Waals surface area contributed by atoms with E-state index in [4.69, 9.17) is 9.47 Å². The van der Waals surface area contributed by atoms with Crippen molar-refractivity contribution < 1.29 is 28.6 Å². The predicted molar refractivity (Wildman–Crippen MR) is 190 cm³/mol. The summed E-state index contributed by atoms with van der Waals surface area (Å²) in [7, 11) is 0. The first-order valence-electron chi connectivity index (χ1n) is 16.3. The maximum Gasteiger partial charge on any atom is 0.338 e. The molecule has 0 atom stereocenters. The zero-order valence-electron chi connectivity index (χ0n) is 29.7. The van der Waals surface area contributed by atoms with E-state index >= 15 is 0 Å². The predicted octanol–water partition coefficient (Wildman–Crippen LogP) is 9.34. The molecule has 0 amide bonds. The van der Waals surface area contributed by atoms with Crippen molar-refractivity contribution in [2.45, 2.75) is 93.5 Å². The third kappa shape index (κ3) is 8.45. The van der Waals surface area contributed by atoms with Gasteiger partial charge in [0.15, 0.2) is 18.0 Å². The lowest BCUT2D eigenvalue weighted by atomic mass is 10.0. The summed E-state index contributed by atoms with van der Waals surface area (Å²) in [5.74, 6) is -0.0491. The average Bonchev–Trinajstić information content (AvgIpc) is 3.42. The number of hydrogen-bond acceptors (Lipinski definition) is 6. The van der Waals surface area contributed by atoms with E-state index in [9.17, 15) is 19.6 Å². The van der Waals surface area contributed by atoms with Gasteiger partial charge in [-0.2, -0.15) is 0 Å². The normalized spacial score (nSPS) is 11.9. The molecule has 47 heavy (non-hydrogen) atoms. The summed E-state index contributed by atoms with van der Waals surface area (Å²) in [6.45, 7) is 22.2. The number of fused-ring (bicyclic) bond motifs is 2. The molecule has 7 nitrogen and oxygen atoms in total. The van der Waals surface area contributed by atoms with Gasteiger partial charge in [0.1, 0.15) is 0 Å². The highest BCUT2D eigenvalue weighted by molar-refractivity contribution is 6.06. The number of hydroxylamine groups is 1. The molecule has 0 aromatic rings. The number of ether oxygens (including phenoxy) is 2. The maximum atomic E-state index is 12.5. The van der Waals surface area contributed by atoms with Crippen molar-refractivity contribution in [3.63, 3.8) is 0 Å². The van der Waals surface area contributed by atoms with Gasteiger partial charge >= 0.3 is 11.9 Å². The molecule has 0 N–H and O–H groups in total. The van der Waals surface area contributed by atoms with Gasteiger partial charge in [0, 0.05) is 31.9 Å². The second-order valence-electron chi connectivity index (χ2n) is 13.4. The second-order valence-corrected chi connectivity index (χ2v) is 13.4. The second kappa shape index (κ2) is 15.4. The van der Waals surface area contributed by atoms with E-state index in [1.54, 1.807) is 32.2 Å². The van der Waals surface area contributed by atoms with Crippen LogP contribution in [0.2, 0.25) is 0 Å².